The molecule has 0 atom stereocenters. The van der Waals surface area contributed by atoms with Crippen LogP contribution in [0.4, 0.5) is 11.4 Å². The summed E-state index contributed by atoms with van der Waals surface area (Å²) in [5.41, 5.74) is 7.38. The molecule has 1 aliphatic carbocycles. The van der Waals surface area contributed by atoms with Crippen molar-refractivity contribution in [1.82, 2.24) is 0 Å². The highest BCUT2D eigenvalue weighted by Crippen LogP contribution is 2.27. The third-order valence-electron chi connectivity index (χ3n) is 5.37. The van der Waals surface area contributed by atoms with Gasteiger partial charge in [0.2, 0.25) is 11.8 Å². The van der Waals surface area contributed by atoms with E-state index < -0.39 is 0 Å². The summed E-state index contributed by atoms with van der Waals surface area (Å²) in [5.74, 6) is 0.154. The van der Waals surface area contributed by atoms with Crippen molar-refractivity contribution in [1.29, 1.82) is 0 Å². The maximum Gasteiger partial charge on any atom is 0.227 e. The number of rotatable bonds is 4. The van der Waals surface area contributed by atoms with Crippen LogP contribution in [-0.4, -0.2) is 24.9 Å². The summed E-state index contributed by atoms with van der Waals surface area (Å²) in [5, 5.41) is 3.05. The van der Waals surface area contributed by atoms with Crippen molar-refractivity contribution < 1.29 is 9.59 Å². The average Bonchev–Trinajstić information content (AvgIpc) is 2.63. The van der Waals surface area contributed by atoms with E-state index in [1.807, 2.05) is 24.3 Å². The minimum atomic E-state index is -0.185. The van der Waals surface area contributed by atoms with Gasteiger partial charge in [-0.3, -0.25) is 9.59 Å². The van der Waals surface area contributed by atoms with E-state index in [0.29, 0.717) is 0 Å². The van der Waals surface area contributed by atoms with Crippen LogP contribution in [-0.2, 0) is 9.59 Å². The zero-order chi connectivity index (χ0) is 16.9. The number of amides is 2. The van der Waals surface area contributed by atoms with Crippen molar-refractivity contribution in [2.75, 3.05) is 23.3 Å². The van der Waals surface area contributed by atoms with Crippen LogP contribution in [0.25, 0.3) is 0 Å². The van der Waals surface area contributed by atoms with Gasteiger partial charge in [0, 0.05) is 36.3 Å². The molecule has 3 N–H and O–H groups in total. The Morgan fingerprint density at radius 2 is 1.54 bits per heavy atom. The summed E-state index contributed by atoms with van der Waals surface area (Å²) in [6, 6.07) is 8.02. The monoisotopic (exact) mass is 329 g/mol. The molecule has 0 spiro atoms. The maximum absolute atomic E-state index is 12.3. The smallest absolute Gasteiger partial charge is 0.227 e. The van der Waals surface area contributed by atoms with E-state index in [2.05, 4.69) is 10.2 Å². The van der Waals surface area contributed by atoms with Gasteiger partial charge >= 0.3 is 0 Å². The molecular formula is C19H27N3O2. The third-order valence-corrected chi connectivity index (χ3v) is 5.37. The number of carbonyl (C=O) groups is 2. The molecule has 1 aliphatic heterocycles. The summed E-state index contributed by atoms with van der Waals surface area (Å²) in [7, 11) is 0. The molecule has 2 aliphatic rings. The minimum Gasteiger partial charge on any atom is -0.371 e. The standard InChI is InChI=1S/C19H27N3O2/c20-18(23)14-10-12-22(13-11-14)17-8-6-16(7-9-17)21-19(24)15-4-2-1-3-5-15/h6-9,14-15H,1-5,10-13H2,(H2,20,23)(H,21,24). The predicted octanol–water partition coefficient (Wildman–Crippen LogP) is 2.91. The topological polar surface area (TPSA) is 75.4 Å². The van der Waals surface area contributed by atoms with Crippen molar-refractivity contribution in [3.63, 3.8) is 0 Å². The number of anilines is 2. The molecule has 0 bridgehead atoms. The van der Waals surface area contributed by atoms with E-state index in [0.717, 1.165) is 63.0 Å². The Morgan fingerprint density at radius 3 is 2.12 bits per heavy atom. The molecule has 1 saturated carbocycles. The molecule has 3 rings (SSSR count). The van der Waals surface area contributed by atoms with Crippen LogP contribution >= 0.6 is 0 Å². The summed E-state index contributed by atoms with van der Waals surface area (Å²) in [6.45, 7) is 1.70. The van der Waals surface area contributed by atoms with E-state index in [1.54, 1.807) is 0 Å². The van der Waals surface area contributed by atoms with Crippen LogP contribution < -0.4 is 16.0 Å². The van der Waals surface area contributed by atoms with Gasteiger partial charge in [0.05, 0.1) is 0 Å². The second-order valence-corrected chi connectivity index (χ2v) is 7.03. The molecule has 1 aromatic rings. The number of piperidine rings is 1. The number of hydrogen-bond donors (Lipinski definition) is 2. The van der Waals surface area contributed by atoms with Crippen molar-refractivity contribution >= 4 is 23.2 Å². The van der Waals surface area contributed by atoms with Crippen molar-refractivity contribution in [3.8, 4) is 0 Å². The lowest BCUT2D eigenvalue weighted by Crippen LogP contribution is -2.38. The summed E-state index contributed by atoms with van der Waals surface area (Å²) >= 11 is 0. The van der Waals surface area contributed by atoms with E-state index in [-0.39, 0.29) is 23.7 Å². The first-order chi connectivity index (χ1) is 11.6. The fraction of sp³-hybridized carbons (Fsp3) is 0.579. The molecule has 1 aromatic carbocycles. The van der Waals surface area contributed by atoms with E-state index in [4.69, 9.17) is 5.73 Å². The SMILES string of the molecule is NC(=O)C1CCN(c2ccc(NC(=O)C3CCCCC3)cc2)CC1. The van der Waals surface area contributed by atoms with Gasteiger partial charge in [0.15, 0.2) is 0 Å². The van der Waals surface area contributed by atoms with Gasteiger partial charge in [-0.25, -0.2) is 0 Å². The second kappa shape index (κ2) is 7.69. The molecule has 24 heavy (non-hydrogen) atoms. The Kier molecular flexibility index (Phi) is 5.38. The Balaban J connectivity index is 1.54. The quantitative estimate of drug-likeness (QED) is 0.892. The molecule has 5 nitrogen and oxygen atoms in total. The summed E-state index contributed by atoms with van der Waals surface area (Å²) in [4.78, 5) is 25.8. The molecule has 0 aromatic heterocycles. The summed E-state index contributed by atoms with van der Waals surface area (Å²) in [6.07, 6.45) is 7.24. The summed E-state index contributed by atoms with van der Waals surface area (Å²) < 4.78 is 0. The molecule has 0 radical (unpaired) electrons. The van der Waals surface area contributed by atoms with Gasteiger partial charge < -0.3 is 16.0 Å². The van der Waals surface area contributed by atoms with E-state index in [9.17, 15) is 9.59 Å². The zero-order valence-corrected chi connectivity index (χ0v) is 14.2. The lowest BCUT2D eigenvalue weighted by molar-refractivity contribution is -0.122. The maximum atomic E-state index is 12.3. The minimum absolute atomic E-state index is 0.00954. The Bertz CT molecular complexity index is 571. The molecule has 2 amide bonds. The first-order valence-electron chi connectivity index (χ1n) is 9.08. The normalized spacial score (nSPS) is 19.9. The third kappa shape index (κ3) is 4.08. The second-order valence-electron chi connectivity index (χ2n) is 7.03. The first kappa shape index (κ1) is 16.8. The fourth-order valence-electron chi connectivity index (χ4n) is 3.79. The van der Waals surface area contributed by atoms with Crippen LogP contribution in [0.2, 0.25) is 0 Å². The number of hydrogen-bond acceptors (Lipinski definition) is 3. The van der Waals surface area contributed by atoms with Crippen molar-refractivity contribution in [2.24, 2.45) is 17.6 Å². The number of primary amides is 1. The number of carbonyl (C=O) groups excluding carboxylic acids is 2. The molecular weight excluding hydrogens is 302 g/mol. The number of nitrogens with one attached hydrogen (secondary N) is 1. The largest absolute Gasteiger partial charge is 0.371 e. The van der Waals surface area contributed by atoms with E-state index in [1.165, 1.54) is 6.42 Å². The highest BCUT2D eigenvalue weighted by Gasteiger charge is 2.23. The van der Waals surface area contributed by atoms with Gasteiger partial charge in [0.25, 0.3) is 0 Å². The Labute approximate surface area is 143 Å². The molecule has 1 saturated heterocycles. The number of nitrogens with zero attached hydrogens (tertiary/aromatic N) is 1. The molecule has 1 heterocycles. The first-order valence-corrected chi connectivity index (χ1v) is 9.08. The molecule has 0 unspecified atom stereocenters. The van der Waals surface area contributed by atoms with Crippen molar-refractivity contribution in [3.05, 3.63) is 24.3 Å². The van der Waals surface area contributed by atoms with Gasteiger partial charge in [-0.05, 0) is 49.9 Å². The predicted molar refractivity (Wildman–Crippen MR) is 95.8 cm³/mol. The van der Waals surface area contributed by atoms with Crippen LogP contribution in [0.1, 0.15) is 44.9 Å². The lowest BCUT2D eigenvalue weighted by Gasteiger charge is -2.32. The van der Waals surface area contributed by atoms with Crippen molar-refractivity contribution in [2.45, 2.75) is 44.9 Å². The van der Waals surface area contributed by atoms with Gasteiger partial charge in [-0.2, -0.15) is 0 Å². The van der Waals surface area contributed by atoms with Crippen LogP contribution in [0, 0.1) is 11.8 Å². The lowest BCUT2D eigenvalue weighted by atomic mass is 9.88. The number of nitrogens with two attached hydrogens (primary N) is 1. The van der Waals surface area contributed by atoms with Gasteiger partial charge in [-0.15, -0.1) is 0 Å². The molecule has 2 fully saturated rings. The Morgan fingerprint density at radius 1 is 0.917 bits per heavy atom. The number of benzene rings is 1. The Hall–Kier alpha value is -2.04. The molecule has 130 valence electrons. The highest BCUT2D eigenvalue weighted by atomic mass is 16.2. The highest BCUT2D eigenvalue weighted by molar-refractivity contribution is 5.92. The van der Waals surface area contributed by atoms with Gasteiger partial charge in [-0.1, -0.05) is 19.3 Å². The van der Waals surface area contributed by atoms with Gasteiger partial charge in [0.1, 0.15) is 0 Å². The van der Waals surface area contributed by atoms with Crippen LogP contribution in [0.3, 0.4) is 0 Å². The zero-order valence-electron chi connectivity index (χ0n) is 14.2. The van der Waals surface area contributed by atoms with E-state index >= 15 is 0 Å². The van der Waals surface area contributed by atoms with Crippen LogP contribution in [0.5, 0.6) is 0 Å². The average molecular weight is 329 g/mol. The fourth-order valence-corrected chi connectivity index (χ4v) is 3.79. The van der Waals surface area contributed by atoms with Crippen LogP contribution in [0.15, 0.2) is 24.3 Å². The molecule has 5 heteroatoms.